The number of imidazole rings is 2. The minimum atomic E-state index is -0.628. The molecule has 0 fully saturated rings. The lowest BCUT2D eigenvalue weighted by atomic mass is 10.1. The molecule has 58 heavy (non-hydrogen) atoms. The van der Waals surface area contributed by atoms with Gasteiger partial charge in [0.2, 0.25) is 23.7 Å². The number of carbonyl (C=O) groups is 5. The molecule has 6 aromatic rings. The Balaban J connectivity index is 1.32. The normalized spacial score (nSPS) is 11.4. The van der Waals surface area contributed by atoms with E-state index in [0.29, 0.717) is 70.8 Å². The van der Waals surface area contributed by atoms with Gasteiger partial charge in [0.05, 0.1) is 46.2 Å². The second-order valence-corrected chi connectivity index (χ2v) is 13.5. The Bertz CT molecular complexity index is 2370. The molecule has 0 saturated heterocycles. The summed E-state index contributed by atoms with van der Waals surface area (Å²) < 4.78 is 18.1. The third-order valence-corrected chi connectivity index (χ3v) is 9.48. The molecule has 0 aliphatic heterocycles. The van der Waals surface area contributed by atoms with Crippen LogP contribution >= 0.6 is 0 Å². The SMILES string of the molecule is CCOC(=O)COC(CCn1c(NC(=O)c2cc(C)nn2CC)nc2cc(C(N)=O)ccc21)CCn1c(NC(=O)c2cc(C)nn2CC)nc2cc(C(N)=O)ccc21. The number of anilines is 2. The molecule has 0 spiro atoms. The monoisotopic (exact) mass is 794 g/mol. The average molecular weight is 795 g/mol. The van der Waals surface area contributed by atoms with E-state index in [0.717, 1.165) is 0 Å². The van der Waals surface area contributed by atoms with E-state index in [9.17, 15) is 24.0 Å². The lowest BCUT2D eigenvalue weighted by molar-refractivity contribution is -0.150. The molecule has 6 rings (SSSR count). The van der Waals surface area contributed by atoms with Crippen LogP contribution in [0.3, 0.4) is 0 Å². The van der Waals surface area contributed by atoms with Crippen LogP contribution < -0.4 is 22.1 Å². The smallest absolute Gasteiger partial charge is 0.332 e. The summed E-state index contributed by atoms with van der Waals surface area (Å²) in [6.45, 7) is 10.3. The van der Waals surface area contributed by atoms with Gasteiger partial charge in [0.1, 0.15) is 18.0 Å². The first kappa shape index (κ1) is 40.8. The number of rotatable bonds is 18. The van der Waals surface area contributed by atoms with Gasteiger partial charge in [-0.05, 0) is 96.0 Å². The Morgan fingerprint density at radius 1 is 0.690 bits per heavy atom. The number of amides is 4. The number of aryl methyl sites for hydroxylation is 6. The molecule has 19 heteroatoms. The number of nitrogens with zero attached hydrogens (tertiary/aromatic N) is 8. The number of hydrogen-bond acceptors (Lipinski definition) is 11. The van der Waals surface area contributed by atoms with Gasteiger partial charge in [-0.2, -0.15) is 10.2 Å². The van der Waals surface area contributed by atoms with Crippen molar-refractivity contribution in [2.75, 3.05) is 23.8 Å². The quantitative estimate of drug-likeness (QED) is 0.0916. The van der Waals surface area contributed by atoms with Crippen molar-refractivity contribution in [2.45, 2.75) is 79.7 Å². The van der Waals surface area contributed by atoms with Crippen LogP contribution in [-0.4, -0.2) is 87.6 Å². The molecule has 4 amide bonds. The van der Waals surface area contributed by atoms with E-state index < -0.39 is 35.7 Å². The Kier molecular flexibility index (Phi) is 12.3. The number of ether oxygens (including phenoxy) is 2. The number of carbonyl (C=O) groups excluding carboxylic acids is 5. The topological polar surface area (TPSA) is 251 Å². The van der Waals surface area contributed by atoms with Gasteiger partial charge in [-0.3, -0.25) is 39.2 Å². The Morgan fingerprint density at radius 3 is 1.53 bits per heavy atom. The third-order valence-electron chi connectivity index (χ3n) is 9.48. The fourth-order valence-corrected chi connectivity index (χ4v) is 6.73. The highest BCUT2D eigenvalue weighted by molar-refractivity contribution is 6.04. The molecular weight excluding hydrogens is 749 g/mol. The highest BCUT2D eigenvalue weighted by Crippen LogP contribution is 2.26. The molecule has 6 N–H and O–H groups in total. The fraction of sp³-hybridized carbons (Fsp3) is 0.359. The molecule has 0 atom stereocenters. The molecule has 0 saturated carbocycles. The molecule has 2 aromatic carbocycles. The predicted octanol–water partition coefficient (Wildman–Crippen LogP) is 3.57. The largest absolute Gasteiger partial charge is 0.464 e. The van der Waals surface area contributed by atoms with Gasteiger partial charge in [-0.15, -0.1) is 0 Å². The van der Waals surface area contributed by atoms with Crippen molar-refractivity contribution in [3.8, 4) is 0 Å². The minimum Gasteiger partial charge on any atom is -0.464 e. The molecule has 4 heterocycles. The van der Waals surface area contributed by atoms with Crippen LogP contribution in [0.4, 0.5) is 11.9 Å². The summed E-state index contributed by atoms with van der Waals surface area (Å²) in [4.78, 5) is 73.1. The van der Waals surface area contributed by atoms with E-state index in [2.05, 4.69) is 30.8 Å². The first-order chi connectivity index (χ1) is 27.8. The highest BCUT2D eigenvalue weighted by Gasteiger charge is 2.23. The van der Waals surface area contributed by atoms with Crippen LogP contribution in [0.1, 0.15) is 86.7 Å². The second-order valence-electron chi connectivity index (χ2n) is 13.5. The maximum atomic E-state index is 13.6. The van der Waals surface area contributed by atoms with Crippen molar-refractivity contribution >= 4 is 63.6 Å². The van der Waals surface area contributed by atoms with E-state index in [1.54, 1.807) is 87.8 Å². The van der Waals surface area contributed by atoms with Crippen LogP contribution in [0.2, 0.25) is 0 Å². The van der Waals surface area contributed by atoms with Crippen molar-refractivity contribution in [3.63, 3.8) is 0 Å². The Hall–Kier alpha value is -6.89. The van der Waals surface area contributed by atoms with Crippen LogP contribution in [0.15, 0.2) is 48.5 Å². The van der Waals surface area contributed by atoms with Crippen LogP contribution in [0.25, 0.3) is 22.1 Å². The van der Waals surface area contributed by atoms with E-state index in [4.69, 9.17) is 20.9 Å². The maximum absolute atomic E-state index is 13.6. The Labute approximate surface area is 332 Å². The van der Waals surface area contributed by atoms with Gasteiger partial charge in [-0.1, -0.05) is 0 Å². The first-order valence-corrected chi connectivity index (χ1v) is 18.9. The summed E-state index contributed by atoms with van der Waals surface area (Å²) in [5.74, 6) is -2.23. The third kappa shape index (κ3) is 8.88. The molecule has 0 unspecified atom stereocenters. The molecular formula is C39H46N12O7. The minimum absolute atomic E-state index is 0.175. The number of esters is 1. The number of nitrogens with one attached hydrogen (secondary N) is 2. The average Bonchev–Trinajstić information content (AvgIpc) is 3.95. The fourth-order valence-electron chi connectivity index (χ4n) is 6.73. The number of aromatic nitrogens is 8. The summed E-state index contributed by atoms with van der Waals surface area (Å²) in [5.41, 5.74) is 15.8. The summed E-state index contributed by atoms with van der Waals surface area (Å²) in [6.07, 6.45) is 0.0354. The standard InChI is InChI=1S/C39H46N12O7/c1-6-50-31(17-22(4)46-50)36(55)44-38-42-27-19-24(34(40)53)9-11-29(27)48(38)15-13-26(58-21-33(52)57-8-3)14-16-49-30-12-10-25(35(41)54)20-28(30)43-39(49)45-37(56)32-18-23(5)47-51(32)7-2/h9-12,17-20,26H,6-8,13-16,21H2,1-5H3,(H2,40,53)(H2,41,54)(H,42,44,55)(H,43,45,56). The number of benzene rings is 2. The molecule has 0 radical (unpaired) electrons. The van der Waals surface area contributed by atoms with Crippen molar-refractivity contribution in [3.05, 3.63) is 82.4 Å². The van der Waals surface area contributed by atoms with E-state index >= 15 is 0 Å². The van der Waals surface area contributed by atoms with Crippen LogP contribution in [-0.2, 0) is 40.4 Å². The lowest BCUT2D eigenvalue weighted by Gasteiger charge is -2.20. The number of primary amides is 2. The van der Waals surface area contributed by atoms with Gasteiger partial charge < -0.3 is 30.1 Å². The summed E-state index contributed by atoms with van der Waals surface area (Å²) in [6, 6.07) is 13.0. The molecule has 0 bridgehead atoms. The lowest BCUT2D eigenvalue weighted by Crippen LogP contribution is -2.25. The van der Waals surface area contributed by atoms with Crippen molar-refractivity contribution in [1.29, 1.82) is 0 Å². The van der Waals surface area contributed by atoms with Crippen molar-refractivity contribution in [1.82, 2.24) is 38.7 Å². The zero-order valence-corrected chi connectivity index (χ0v) is 32.9. The van der Waals surface area contributed by atoms with Gasteiger partial charge >= 0.3 is 5.97 Å². The van der Waals surface area contributed by atoms with Gasteiger partial charge in [-0.25, -0.2) is 14.8 Å². The summed E-state index contributed by atoms with van der Waals surface area (Å²) >= 11 is 0. The number of fused-ring (bicyclic) bond motifs is 2. The van der Waals surface area contributed by atoms with E-state index in [1.165, 1.54) is 0 Å². The molecule has 0 aliphatic carbocycles. The van der Waals surface area contributed by atoms with E-state index in [1.807, 2.05) is 13.8 Å². The van der Waals surface area contributed by atoms with Gasteiger partial charge in [0.15, 0.2) is 0 Å². The number of nitrogens with two attached hydrogens (primary N) is 2. The van der Waals surface area contributed by atoms with E-state index in [-0.39, 0.29) is 49.3 Å². The van der Waals surface area contributed by atoms with Crippen molar-refractivity contribution in [2.24, 2.45) is 11.5 Å². The van der Waals surface area contributed by atoms with Crippen LogP contribution in [0.5, 0.6) is 0 Å². The van der Waals surface area contributed by atoms with Crippen molar-refractivity contribution < 1.29 is 33.4 Å². The van der Waals surface area contributed by atoms with Crippen LogP contribution in [0, 0.1) is 13.8 Å². The summed E-state index contributed by atoms with van der Waals surface area (Å²) in [7, 11) is 0. The summed E-state index contributed by atoms with van der Waals surface area (Å²) in [5, 5.41) is 14.6. The van der Waals surface area contributed by atoms with Gasteiger partial charge in [0.25, 0.3) is 11.8 Å². The predicted molar refractivity (Wildman–Crippen MR) is 213 cm³/mol. The molecule has 304 valence electrons. The highest BCUT2D eigenvalue weighted by atomic mass is 16.6. The zero-order valence-electron chi connectivity index (χ0n) is 32.9. The number of hydrogen-bond donors (Lipinski definition) is 4. The molecule has 4 aromatic heterocycles. The zero-order chi connectivity index (χ0) is 41.7. The first-order valence-electron chi connectivity index (χ1n) is 18.9. The molecule has 0 aliphatic rings. The maximum Gasteiger partial charge on any atom is 0.332 e. The molecule has 19 nitrogen and oxygen atoms in total. The van der Waals surface area contributed by atoms with Gasteiger partial charge in [0, 0.05) is 37.3 Å². The Morgan fingerprint density at radius 2 is 1.14 bits per heavy atom. The second kappa shape index (κ2) is 17.5.